The first-order valence-electron chi connectivity index (χ1n) is 6.61. The normalized spacial score (nSPS) is 19.1. The fourth-order valence-corrected chi connectivity index (χ4v) is 2.13. The number of halogens is 3. The van der Waals surface area contributed by atoms with Crippen molar-refractivity contribution in [2.75, 3.05) is 13.6 Å². The molecule has 0 radical (unpaired) electrons. The molecule has 2 amide bonds. The Balaban J connectivity index is 0.00000242. The summed E-state index contributed by atoms with van der Waals surface area (Å²) >= 11 is 0. The Labute approximate surface area is 133 Å². The number of amides is 2. The van der Waals surface area contributed by atoms with E-state index in [1.54, 1.807) is 31.3 Å². The molecule has 0 bridgehead atoms. The van der Waals surface area contributed by atoms with Crippen molar-refractivity contribution in [3.63, 3.8) is 0 Å². The van der Waals surface area contributed by atoms with Gasteiger partial charge in [-0.15, -0.1) is 12.4 Å². The second-order valence-corrected chi connectivity index (χ2v) is 4.99. The molecule has 0 spiro atoms. The number of benzene rings is 1. The summed E-state index contributed by atoms with van der Waals surface area (Å²) in [6, 6.07) is 5.85. The van der Waals surface area contributed by atoms with Gasteiger partial charge in [-0.25, -0.2) is 8.78 Å². The molecular weight excluding hydrogens is 316 g/mol. The van der Waals surface area contributed by atoms with E-state index in [1.807, 2.05) is 0 Å². The van der Waals surface area contributed by atoms with Crippen LogP contribution in [-0.2, 0) is 11.3 Å². The number of nitrogens with one attached hydrogen (secondary N) is 3. The second-order valence-electron chi connectivity index (χ2n) is 4.99. The van der Waals surface area contributed by atoms with Crippen LogP contribution in [0.2, 0.25) is 0 Å². The van der Waals surface area contributed by atoms with Crippen LogP contribution >= 0.6 is 12.4 Å². The van der Waals surface area contributed by atoms with Crippen LogP contribution in [0, 0.1) is 0 Å². The fraction of sp³-hybridized carbons (Fsp3) is 0.429. The van der Waals surface area contributed by atoms with Gasteiger partial charge in [0.1, 0.15) is 0 Å². The first kappa shape index (κ1) is 18.3. The van der Waals surface area contributed by atoms with E-state index in [0.717, 1.165) is 5.56 Å². The third-order valence-electron chi connectivity index (χ3n) is 3.34. The van der Waals surface area contributed by atoms with Gasteiger partial charge < -0.3 is 10.6 Å². The zero-order valence-corrected chi connectivity index (χ0v) is 12.8. The van der Waals surface area contributed by atoms with Crippen molar-refractivity contribution in [1.29, 1.82) is 0 Å². The summed E-state index contributed by atoms with van der Waals surface area (Å²) < 4.78 is 26.0. The molecule has 0 aromatic heterocycles. The Kier molecular flexibility index (Phi) is 6.25. The van der Waals surface area contributed by atoms with Gasteiger partial charge in [0, 0.05) is 25.6 Å². The van der Waals surface area contributed by atoms with Gasteiger partial charge in [-0.2, -0.15) is 0 Å². The van der Waals surface area contributed by atoms with Crippen LogP contribution < -0.4 is 16.0 Å². The van der Waals surface area contributed by atoms with Gasteiger partial charge in [0.15, 0.2) is 0 Å². The summed E-state index contributed by atoms with van der Waals surface area (Å²) in [7, 11) is 1.54. The molecule has 1 aromatic rings. The smallest absolute Gasteiger partial charge is 0.262 e. The van der Waals surface area contributed by atoms with Crippen molar-refractivity contribution in [2.24, 2.45) is 0 Å². The van der Waals surface area contributed by atoms with Gasteiger partial charge in [-0.05, 0) is 17.7 Å². The summed E-state index contributed by atoms with van der Waals surface area (Å²) in [5.74, 6) is -3.46. The van der Waals surface area contributed by atoms with Crippen LogP contribution in [0.5, 0.6) is 0 Å². The quantitative estimate of drug-likeness (QED) is 0.772. The summed E-state index contributed by atoms with van der Waals surface area (Å²) in [5, 5.41) is 7.61. The van der Waals surface area contributed by atoms with Gasteiger partial charge in [0.05, 0.1) is 12.6 Å². The van der Waals surface area contributed by atoms with Gasteiger partial charge in [0.2, 0.25) is 5.91 Å². The zero-order chi connectivity index (χ0) is 15.5. The minimum absolute atomic E-state index is 0. The standard InChI is InChI=1S/C14H17F2N3O2.ClH/c1-17-12(20)10-4-2-9(3-5-10)7-18-13(21)11-6-14(15,16)8-19-11;/h2-5,11,19H,6-8H2,1H3,(H,17,20)(H,18,21);1H. The van der Waals surface area contributed by atoms with E-state index in [-0.39, 0.29) is 24.9 Å². The summed E-state index contributed by atoms with van der Waals surface area (Å²) in [6.45, 7) is -0.234. The van der Waals surface area contributed by atoms with E-state index in [0.29, 0.717) is 5.56 Å². The molecule has 5 nitrogen and oxygen atoms in total. The highest BCUT2D eigenvalue weighted by atomic mass is 35.5. The molecule has 1 unspecified atom stereocenters. The summed E-state index contributed by atoms with van der Waals surface area (Å²) in [6.07, 6.45) is -0.478. The fourth-order valence-electron chi connectivity index (χ4n) is 2.13. The molecule has 1 fully saturated rings. The Hall–Kier alpha value is -1.73. The number of alkyl halides is 2. The maximum absolute atomic E-state index is 13.0. The lowest BCUT2D eigenvalue weighted by molar-refractivity contribution is -0.123. The van der Waals surface area contributed by atoms with Crippen LogP contribution in [0.15, 0.2) is 24.3 Å². The molecule has 2 rings (SSSR count). The minimum Gasteiger partial charge on any atom is -0.355 e. The number of carbonyl (C=O) groups is 2. The molecule has 1 heterocycles. The lowest BCUT2D eigenvalue weighted by Gasteiger charge is -2.11. The van der Waals surface area contributed by atoms with Gasteiger partial charge in [0.25, 0.3) is 11.8 Å². The number of rotatable bonds is 4. The summed E-state index contributed by atoms with van der Waals surface area (Å²) in [5.41, 5.74) is 1.31. The predicted octanol–water partition coefficient (Wildman–Crippen LogP) is 1.08. The van der Waals surface area contributed by atoms with E-state index < -0.39 is 30.8 Å². The topological polar surface area (TPSA) is 70.2 Å². The van der Waals surface area contributed by atoms with Crippen LogP contribution in [0.1, 0.15) is 22.3 Å². The average molecular weight is 334 g/mol. The highest BCUT2D eigenvalue weighted by Crippen LogP contribution is 2.25. The van der Waals surface area contributed by atoms with E-state index in [9.17, 15) is 18.4 Å². The van der Waals surface area contributed by atoms with Crippen molar-refractivity contribution in [1.82, 2.24) is 16.0 Å². The molecule has 3 N–H and O–H groups in total. The molecule has 1 saturated heterocycles. The Morgan fingerprint density at radius 1 is 1.32 bits per heavy atom. The van der Waals surface area contributed by atoms with E-state index in [2.05, 4.69) is 16.0 Å². The average Bonchev–Trinajstić information content (AvgIpc) is 2.84. The second kappa shape index (κ2) is 7.51. The Morgan fingerprint density at radius 3 is 2.45 bits per heavy atom. The lowest BCUT2D eigenvalue weighted by Crippen LogP contribution is -2.40. The Bertz CT molecular complexity index is 537. The molecule has 1 aliphatic rings. The van der Waals surface area contributed by atoms with Gasteiger partial charge >= 0.3 is 0 Å². The maximum Gasteiger partial charge on any atom is 0.262 e. The van der Waals surface area contributed by atoms with E-state index >= 15 is 0 Å². The van der Waals surface area contributed by atoms with Crippen molar-refractivity contribution in [3.8, 4) is 0 Å². The van der Waals surface area contributed by atoms with Crippen LogP contribution in [0.3, 0.4) is 0 Å². The summed E-state index contributed by atoms with van der Waals surface area (Å²) in [4.78, 5) is 23.1. The lowest BCUT2D eigenvalue weighted by atomic mass is 10.1. The molecule has 1 atom stereocenters. The van der Waals surface area contributed by atoms with Crippen molar-refractivity contribution in [2.45, 2.75) is 24.9 Å². The van der Waals surface area contributed by atoms with Crippen molar-refractivity contribution >= 4 is 24.2 Å². The van der Waals surface area contributed by atoms with Crippen molar-refractivity contribution in [3.05, 3.63) is 35.4 Å². The van der Waals surface area contributed by atoms with Crippen LogP contribution in [0.4, 0.5) is 8.78 Å². The molecule has 122 valence electrons. The monoisotopic (exact) mass is 333 g/mol. The minimum atomic E-state index is -2.82. The first-order valence-corrected chi connectivity index (χ1v) is 6.61. The van der Waals surface area contributed by atoms with Crippen molar-refractivity contribution < 1.29 is 18.4 Å². The number of hydrogen-bond acceptors (Lipinski definition) is 3. The predicted molar refractivity (Wildman–Crippen MR) is 80.3 cm³/mol. The molecular formula is C14H18ClF2N3O2. The number of carbonyl (C=O) groups excluding carboxylic acids is 2. The van der Waals surface area contributed by atoms with E-state index in [4.69, 9.17) is 0 Å². The van der Waals surface area contributed by atoms with Gasteiger partial charge in [-0.1, -0.05) is 12.1 Å². The first-order chi connectivity index (χ1) is 9.91. The van der Waals surface area contributed by atoms with Crippen LogP contribution in [-0.4, -0.2) is 37.4 Å². The van der Waals surface area contributed by atoms with E-state index in [1.165, 1.54) is 0 Å². The number of hydrogen-bond donors (Lipinski definition) is 3. The highest BCUT2D eigenvalue weighted by molar-refractivity contribution is 5.93. The molecule has 0 saturated carbocycles. The molecule has 0 aliphatic carbocycles. The molecule has 22 heavy (non-hydrogen) atoms. The zero-order valence-electron chi connectivity index (χ0n) is 12.0. The molecule has 1 aliphatic heterocycles. The molecule has 1 aromatic carbocycles. The largest absolute Gasteiger partial charge is 0.355 e. The third kappa shape index (κ3) is 4.64. The third-order valence-corrected chi connectivity index (χ3v) is 3.34. The maximum atomic E-state index is 13.0. The molecule has 8 heteroatoms. The van der Waals surface area contributed by atoms with Gasteiger partial charge in [-0.3, -0.25) is 14.9 Å². The van der Waals surface area contributed by atoms with Crippen LogP contribution in [0.25, 0.3) is 0 Å². The SMILES string of the molecule is CNC(=O)c1ccc(CNC(=O)C2CC(F)(F)CN2)cc1.Cl. The Morgan fingerprint density at radius 2 is 1.95 bits per heavy atom. The highest BCUT2D eigenvalue weighted by Gasteiger charge is 2.42.